The van der Waals surface area contributed by atoms with Gasteiger partial charge in [-0.3, -0.25) is 14.9 Å². The Morgan fingerprint density at radius 2 is 2.26 bits per heavy atom. The number of nitro groups is 1. The van der Waals surface area contributed by atoms with Crippen LogP contribution in [-0.2, 0) is 4.79 Å². The van der Waals surface area contributed by atoms with Gasteiger partial charge in [0.15, 0.2) is 0 Å². The smallest absolute Gasteiger partial charge is 0.307 e. The van der Waals surface area contributed by atoms with E-state index in [1.165, 1.54) is 18.2 Å². The highest BCUT2D eigenvalue weighted by atomic mass is 35.5. The summed E-state index contributed by atoms with van der Waals surface area (Å²) in [5.41, 5.74) is -1.03. The molecule has 0 bridgehead atoms. The summed E-state index contributed by atoms with van der Waals surface area (Å²) < 4.78 is 5.61. The Morgan fingerprint density at radius 1 is 1.58 bits per heavy atom. The van der Waals surface area contributed by atoms with E-state index in [1.807, 2.05) is 0 Å². The summed E-state index contributed by atoms with van der Waals surface area (Å²) in [7, 11) is 0. The van der Waals surface area contributed by atoms with Crippen molar-refractivity contribution in [2.45, 2.75) is 12.0 Å². The largest absolute Gasteiger partial charge is 0.484 e. The number of benzene rings is 1. The molecule has 2 rings (SSSR count). The molecule has 0 aromatic heterocycles. The van der Waals surface area contributed by atoms with Crippen LogP contribution in [0.1, 0.15) is 6.42 Å². The van der Waals surface area contributed by atoms with Crippen LogP contribution < -0.4 is 10.1 Å². The Hall–Kier alpha value is -1.86. The van der Waals surface area contributed by atoms with Crippen molar-refractivity contribution in [1.29, 1.82) is 0 Å². The van der Waals surface area contributed by atoms with Crippen LogP contribution in [0.4, 0.5) is 5.69 Å². The zero-order valence-corrected chi connectivity index (χ0v) is 10.5. The fourth-order valence-electron chi connectivity index (χ4n) is 1.86. The van der Waals surface area contributed by atoms with Crippen LogP contribution in [0.3, 0.4) is 0 Å². The predicted molar refractivity (Wildman–Crippen MR) is 66.6 cm³/mol. The Kier molecular flexibility index (Phi) is 3.59. The second kappa shape index (κ2) is 5.02. The molecule has 1 aromatic rings. The van der Waals surface area contributed by atoms with Gasteiger partial charge >= 0.3 is 5.97 Å². The highest BCUT2D eigenvalue weighted by molar-refractivity contribution is 6.32. The van der Waals surface area contributed by atoms with Crippen molar-refractivity contribution in [2.75, 3.05) is 13.1 Å². The van der Waals surface area contributed by atoms with E-state index < -0.39 is 16.5 Å². The number of ether oxygens (including phenoxy) is 1. The molecule has 102 valence electrons. The summed E-state index contributed by atoms with van der Waals surface area (Å²) >= 11 is 5.77. The minimum absolute atomic E-state index is 0.0414. The van der Waals surface area contributed by atoms with Crippen LogP contribution in [0.5, 0.6) is 5.75 Å². The average Bonchev–Trinajstić information content (AvgIpc) is 2.25. The minimum atomic E-state index is -0.963. The Morgan fingerprint density at radius 3 is 2.68 bits per heavy atom. The molecule has 8 heteroatoms. The number of nitrogens with zero attached hydrogens (tertiary/aromatic N) is 1. The van der Waals surface area contributed by atoms with Crippen LogP contribution in [0.15, 0.2) is 18.2 Å². The van der Waals surface area contributed by atoms with Crippen LogP contribution >= 0.6 is 11.6 Å². The molecule has 0 spiro atoms. The van der Waals surface area contributed by atoms with Crippen molar-refractivity contribution >= 4 is 23.3 Å². The number of hydrogen-bond acceptors (Lipinski definition) is 5. The lowest BCUT2D eigenvalue weighted by atomic mass is 9.92. The standard InChI is InChI=1S/C11H11ClN2O5/c12-8-3-7(1-2-9(8)14(17)18)19-11(4-10(15)16)5-13-6-11/h1-3,13H,4-6H2,(H,15,16). The van der Waals surface area contributed by atoms with Gasteiger partial charge in [0, 0.05) is 25.2 Å². The number of nitro benzene ring substituents is 1. The first-order valence-corrected chi connectivity index (χ1v) is 5.85. The molecule has 2 N–H and O–H groups in total. The number of rotatable bonds is 5. The first-order chi connectivity index (χ1) is 8.92. The second-order valence-electron chi connectivity index (χ2n) is 4.33. The summed E-state index contributed by atoms with van der Waals surface area (Å²) in [6, 6.07) is 3.96. The Labute approximate surface area is 113 Å². The maximum absolute atomic E-state index is 10.8. The van der Waals surface area contributed by atoms with Crippen molar-refractivity contribution in [1.82, 2.24) is 5.32 Å². The first-order valence-electron chi connectivity index (χ1n) is 5.47. The van der Waals surface area contributed by atoms with E-state index in [4.69, 9.17) is 21.4 Å². The number of carbonyl (C=O) groups is 1. The molecular weight excluding hydrogens is 276 g/mol. The van der Waals surface area contributed by atoms with E-state index in [9.17, 15) is 14.9 Å². The highest BCUT2D eigenvalue weighted by Crippen LogP contribution is 2.32. The Balaban J connectivity index is 2.17. The van der Waals surface area contributed by atoms with Crippen molar-refractivity contribution in [3.05, 3.63) is 33.3 Å². The van der Waals surface area contributed by atoms with Gasteiger partial charge in [-0.15, -0.1) is 0 Å². The fourth-order valence-corrected chi connectivity index (χ4v) is 2.10. The molecule has 1 aliphatic rings. The van der Waals surface area contributed by atoms with Gasteiger partial charge in [0.1, 0.15) is 16.4 Å². The third-order valence-corrected chi connectivity index (χ3v) is 3.12. The molecule has 1 aromatic carbocycles. The zero-order valence-electron chi connectivity index (χ0n) is 9.76. The van der Waals surface area contributed by atoms with E-state index in [2.05, 4.69) is 5.32 Å². The molecule has 1 aliphatic heterocycles. The summed E-state index contributed by atoms with van der Waals surface area (Å²) in [5, 5.41) is 22.4. The third kappa shape index (κ3) is 2.94. The maximum Gasteiger partial charge on any atom is 0.307 e. The fraction of sp³-hybridized carbons (Fsp3) is 0.364. The topological polar surface area (TPSA) is 102 Å². The molecule has 0 amide bonds. The summed E-state index contributed by atoms with van der Waals surface area (Å²) in [6.45, 7) is 0.821. The van der Waals surface area contributed by atoms with E-state index in [-0.39, 0.29) is 17.1 Å². The first kappa shape index (κ1) is 13.6. The van der Waals surface area contributed by atoms with Crippen LogP contribution in [0, 0.1) is 10.1 Å². The van der Waals surface area contributed by atoms with Gasteiger partial charge in [-0.1, -0.05) is 11.6 Å². The quantitative estimate of drug-likeness (QED) is 0.627. The lowest BCUT2D eigenvalue weighted by Crippen LogP contribution is -2.64. The summed E-state index contributed by atoms with van der Waals surface area (Å²) in [4.78, 5) is 20.8. The van der Waals surface area contributed by atoms with Crippen LogP contribution in [0.2, 0.25) is 5.02 Å². The highest BCUT2D eigenvalue weighted by Gasteiger charge is 2.41. The summed E-state index contributed by atoms with van der Waals surface area (Å²) in [6.07, 6.45) is -0.144. The van der Waals surface area contributed by atoms with E-state index >= 15 is 0 Å². The number of hydrogen-bond donors (Lipinski definition) is 2. The Bertz CT molecular complexity index is 530. The molecule has 1 saturated heterocycles. The average molecular weight is 287 g/mol. The number of nitrogens with one attached hydrogen (secondary N) is 1. The third-order valence-electron chi connectivity index (χ3n) is 2.82. The van der Waals surface area contributed by atoms with Gasteiger partial charge in [0.05, 0.1) is 11.3 Å². The normalized spacial score (nSPS) is 16.5. The molecule has 0 radical (unpaired) electrons. The molecule has 0 saturated carbocycles. The number of aliphatic carboxylic acids is 1. The molecule has 19 heavy (non-hydrogen) atoms. The summed E-state index contributed by atoms with van der Waals surface area (Å²) in [5.74, 6) is -0.646. The molecule has 0 unspecified atom stereocenters. The molecule has 1 heterocycles. The number of carboxylic acids is 1. The maximum atomic E-state index is 10.8. The van der Waals surface area contributed by atoms with Crippen LogP contribution in [0.25, 0.3) is 0 Å². The van der Waals surface area contributed by atoms with Gasteiger partial charge in [-0.2, -0.15) is 0 Å². The van der Waals surface area contributed by atoms with Crippen molar-refractivity contribution in [3.8, 4) is 5.75 Å². The van der Waals surface area contributed by atoms with E-state index in [0.29, 0.717) is 18.8 Å². The van der Waals surface area contributed by atoms with Crippen molar-refractivity contribution < 1.29 is 19.6 Å². The monoisotopic (exact) mass is 286 g/mol. The van der Waals surface area contributed by atoms with Crippen molar-refractivity contribution in [2.24, 2.45) is 0 Å². The van der Waals surface area contributed by atoms with E-state index in [0.717, 1.165) is 0 Å². The molecule has 1 fully saturated rings. The molecule has 0 aliphatic carbocycles. The van der Waals surface area contributed by atoms with Crippen molar-refractivity contribution in [3.63, 3.8) is 0 Å². The van der Waals surface area contributed by atoms with Gasteiger partial charge in [0.2, 0.25) is 0 Å². The molecule has 0 atom stereocenters. The zero-order chi connectivity index (χ0) is 14.0. The van der Waals surface area contributed by atoms with Crippen LogP contribution in [-0.4, -0.2) is 34.7 Å². The van der Waals surface area contributed by atoms with Gasteiger partial charge in [-0.25, -0.2) is 0 Å². The number of halogens is 1. The predicted octanol–water partition coefficient (Wildman–Crippen LogP) is 1.44. The SMILES string of the molecule is O=C(O)CC1(Oc2ccc([N+](=O)[O-])c(Cl)c2)CNC1. The minimum Gasteiger partial charge on any atom is -0.484 e. The van der Waals surface area contributed by atoms with E-state index in [1.54, 1.807) is 0 Å². The number of carboxylic acid groups (broad SMARTS) is 1. The lowest BCUT2D eigenvalue weighted by molar-refractivity contribution is -0.384. The van der Waals surface area contributed by atoms with Gasteiger partial charge in [-0.05, 0) is 6.07 Å². The molecule has 7 nitrogen and oxygen atoms in total. The molecular formula is C11H11ClN2O5. The lowest BCUT2D eigenvalue weighted by Gasteiger charge is -2.41. The second-order valence-corrected chi connectivity index (χ2v) is 4.74. The van der Waals surface area contributed by atoms with Gasteiger partial charge in [0.25, 0.3) is 5.69 Å². The van der Waals surface area contributed by atoms with Gasteiger partial charge < -0.3 is 15.2 Å².